The predicted molar refractivity (Wildman–Crippen MR) is 73.1 cm³/mol. The standard InChI is InChI=1S/C13H21N3O5/c1-3-21-13(20)9-15(2)7-10(17)14-11(18)8-16-6-4-5-12(16)19/h3-9H2,1-2H3,(H,14,17,18). The quantitative estimate of drug-likeness (QED) is 0.590. The van der Waals surface area contributed by atoms with Crippen LogP contribution in [-0.2, 0) is 23.9 Å². The lowest BCUT2D eigenvalue weighted by molar-refractivity contribution is -0.144. The molecule has 8 heteroatoms. The maximum absolute atomic E-state index is 11.6. The Bertz CT molecular complexity index is 424. The van der Waals surface area contributed by atoms with Gasteiger partial charge < -0.3 is 9.64 Å². The van der Waals surface area contributed by atoms with Gasteiger partial charge in [0.15, 0.2) is 0 Å². The number of esters is 1. The molecular weight excluding hydrogens is 278 g/mol. The van der Waals surface area contributed by atoms with Crippen LogP contribution in [0.3, 0.4) is 0 Å². The van der Waals surface area contributed by atoms with Crippen molar-refractivity contribution in [2.45, 2.75) is 19.8 Å². The van der Waals surface area contributed by atoms with E-state index in [1.807, 2.05) is 0 Å². The van der Waals surface area contributed by atoms with Crippen LogP contribution in [-0.4, -0.2) is 73.3 Å². The van der Waals surface area contributed by atoms with Gasteiger partial charge in [0.25, 0.3) is 0 Å². The molecule has 1 aliphatic rings. The number of likely N-dealkylation sites (tertiary alicyclic amines) is 1. The molecule has 0 saturated carbocycles. The second-order valence-corrected chi connectivity index (χ2v) is 4.87. The van der Waals surface area contributed by atoms with Crippen LogP contribution < -0.4 is 5.32 Å². The Labute approximate surface area is 123 Å². The van der Waals surface area contributed by atoms with E-state index in [4.69, 9.17) is 4.74 Å². The monoisotopic (exact) mass is 299 g/mol. The minimum atomic E-state index is -0.515. The fourth-order valence-corrected chi connectivity index (χ4v) is 2.01. The molecule has 0 aromatic carbocycles. The number of carbonyl (C=O) groups excluding carboxylic acids is 4. The molecule has 21 heavy (non-hydrogen) atoms. The summed E-state index contributed by atoms with van der Waals surface area (Å²) in [6.07, 6.45) is 1.19. The summed E-state index contributed by atoms with van der Waals surface area (Å²) in [6.45, 7) is 2.29. The van der Waals surface area contributed by atoms with Crippen molar-refractivity contribution in [1.82, 2.24) is 15.1 Å². The highest BCUT2D eigenvalue weighted by molar-refractivity contribution is 5.98. The Balaban J connectivity index is 2.27. The first-order valence-corrected chi connectivity index (χ1v) is 6.87. The van der Waals surface area contributed by atoms with Crippen LogP contribution in [0.5, 0.6) is 0 Å². The molecule has 8 nitrogen and oxygen atoms in total. The van der Waals surface area contributed by atoms with Crippen molar-refractivity contribution in [2.75, 3.05) is 39.8 Å². The van der Waals surface area contributed by atoms with Crippen LogP contribution in [0.25, 0.3) is 0 Å². The molecule has 3 amide bonds. The third-order valence-corrected chi connectivity index (χ3v) is 2.90. The maximum Gasteiger partial charge on any atom is 0.320 e. The minimum absolute atomic E-state index is 0.0277. The number of hydrogen-bond acceptors (Lipinski definition) is 6. The number of likely N-dealkylation sites (N-methyl/N-ethyl adjacent to an activating group) is 1. The topological polar surface area (TPSA) is 96.0 Å². The summed E-state index contributed by atoms with van der Waals surface area (Å²) in [6, 6.07) is 0. The van der Waals surface area contributed by atoms with Gasteiger partial charge in [-0.2, -0.15) is 0 Å². The van der Waals surface area contributed by atoms with E-state index in [0.717, 1.165) is 6.42 Å². The van der Waals surface area contributed by atoms with Gasteiger partial charge in [0.05, 0.1) is 26.2 Å². The number of nitrogens with zero attached hydrogens (tertiary/aromatic N) is 2. The van der Waals surface area contributed by atoms with E-state index in [1.165, 1.54) is 9.80 Å². The SMILES string of the molecule is CCOC(=O)CN(C)CC(=O)NC(=O)CN1CCCC1=O. The van der Waals surface area contributed by atoms with E-state index in [1.54, 1.807) is 14.0 Å². The molecule has 1 heterocycles. The van der Waals surface area contributed by atoms with Crippen molar-refractivity contribution in [3.05, 3.63) is 0 Å². The van der Waals surface area contributed by atoms with Crippen LogP contribution in [0.1, 0.15) is 19.8 Å². The van der Waals surface area contributed by atoms with Crippen LogP contribution in [0.2, 0.25) is 0 Å². The molecule has 118 valence electrons. The molecule has 0 aliphatic carbocycles. The number of rotatable bonds is 7. The highest BCUT2D eigenvalue weighted by atomic mass is 16.5. The molecular formula is C13H21N3O5. The minimum Gasteiger partial charge on any atom is -0.465 e. The van der Waals surface area contributed by atoms with Crippen LogP contribution in [0.15, 0.2) is 0 Å². The summed E-state index contributed by atoms with van der Waals surface area (Å²) in [5.41, 5.74) is 0. The van der Waals surface area contributed by atoms with Gasteiger partial charge in [0.1, 0.15) is 0 Å². The van der Waals surface area contributed by atoms with Crippen molar-refractivity contribution in [3.63, 3.8) is 0 Å². The molecule has 1 aliphatic heterocycles. The molecule has 0 aromatic rings. The van der Waals surface area contributed by atoms with E-state index in [9.17, 15) is 19.2 Å². The van der Waals surface area contributed by atoms with Gasteiger partial charge in [-0.05, 0) is 20.4 Å². The van der Waals surface area contributed by atoms with Crippen LogP contribution in [0, 0.1) is 0 Å². The number of carbonyl (C=O) groups is 4. The van der Waals surface area contributed by atoms with Crippen molar-refractivity contribution < 1.29 is 23.9 Å². The van der Waals surface area contributed by atoms with E-state index in [0.29, 0.717) is 13.0 Å². The fraction of sp³-hybridized carbons (Fsp3) is 0.692. The molecule has 1 rings (SSSR count). The first kappa shape index (κ1) is 17.1. The predicted octanol–water partition coefficient (Wildman–Crippen LogP) is -1.25. The largest absolute Gasteiger partial charge is 0.465 e. The molecule has 0 spiro atoms. The fourth-order valence-electron chi connectivity index (χ4n) is 2.01. The Morgan fingerprint density at radius 3 is 2.57 bits per heavy atom. The highest BCUT2D eigenvalue weighted by Crippen LogP contribution is 2.08. The second kappa shape index (κ2) is 8.35. The van der Waals surface area contributed by atoms with Gasteiger partial charge in [-0.15, -0.1) is 0 Å². The first-order valence-electron chi connectivity index (χ1n) is 6.87. The Hall–Kier alpha value is -1.96. The molecule has 1 N–H and O–H groups in total. The molecule has 1 saturated heterocycles. The van der Waals surface area contributed by atoms with Crippen molar-refractivity contribution in [2.24, 2.45) is 0 Å². The van der Waals surface area contributed by atoms with E-state index in [-0.39, 0.29) is 32.1 Å². The number of hydrogen-bond donors (Lipinski definition) is 1. The number of amides is 3. The third kappa shape index (κ3) is 6.35. The lowest BCUT2D eigenvalue weighted by Crippen LogP contribution is -2.44. The Morgan fingerprint density at radius 2 is 2.00 bits per heavy atom. The van der Waals surface area contributed by atoms with E-state index in [2.05, 4.69) is 5.32 Å². The average molecular weight is 299 g/mol. The van der Waals surface area contributed by atoms with Gasteiger partial charge in [0.2, 0.25) is 17.7 Å². The molecule has 0 aromatic heterocycles. The number of ether oxygens (including phenoxy) is 1. The van der Waals surface area contributed by atoms with Gasteiger partial charge >= 0.3 is 5.97 Å². The molecule has 0 unspecified atom stereocenters. The molecule has 0 radical (unpaired) electrons. The summed E-state index contributed by atoms with van der Waals surface area (Å²) in [4.78, 5) is 48.7. The molecule has 0 atom stereocenters. The smallest absolute Gasteiger partial charge is 0.320 e. The van der Waals surface area contributed by atoms with Gasteiger partial charge in [-0.1, -0.05) is 0 Å². The van der Waals surface area contributed by atoms with Crippen molar-refractivity contribution in [3.8, 4) is 0 Å². The lowest BCUT2D eigenvalue weighted by Gasteiger charge is -2.17. The Kier molecular flexibility index (Phi) is 6.80. The van der Waals surface area contributed by atoms with E-state index >= 15 is 0 Å². The second-order valence-electron chi connectivity index (χ2n) is 4.87. The zero-order valence-corrected chi connectivity index (χ0v) is 12.4. The molecule has 0 bridgehead atoms. The first-order chi connectivity index (χ1) is 9.92. The molecule has 1 fully saturated rings. The Morgan fingerprint density at radius 1 is 1.29 bits per heavy atom. The summed E-state index contributed by atoms with van der Waals surface area (Å²) in [7, 11) is 1.57. The summed E-state index contributed by atoms with van der Waals surface area (Å²) >= 11 is 0. The zero-order chi connectivity index (χ0) is 15.8. The normalized spacial score (nSPS) is 14.4. The van der Waals surface area contributed by atoms with Gasteiger partial charge in [-0.3, -0.25) is 29.4 Å². The maximum atomic E-state index is 11.6. The van der Waals surface area contributed by atoms with Crippen LogP contribution in [0.4, 0.5) is 0 Å². The summed E-state index contributed by atoms with van der Waals surface area (Å²) in [5.74, 6) is -1.53. The number of nitrogens with one attached hydrogen (secondary N) is 1. The van der Waals surface area contributed by atoms with E-state index < -0.39 is 17.8 Å². The lowest BCUT2D eigenvalue weighted by atomic mass is 10.4. The summed E-state index contributed by atoms with van der Waals surface area (Å²) in [5, 5.41) is 2.20. The average Bonchev–Trinajstić information content (AvgIpc) is 2.74. The zero-order valence-electron chi connectivity index (χ0n) is 12.4. The summed E-state index contributed by atoms with van der Waals surface area (Å²) < 4.78 is 4.75. The van der Waals surface area contributed by atoms with Crippen molar-refractivity contribution >= 4 is 23.7 Å². The number of imide groups is 1. The highest BCUT2D eigenvalue weighted by Gasteiger charge is 2.23. The van der Waals surface area contributed by atoms with Gasteiger partial charge in [0, 0.05) is 13.0 Å². The third-order valence-electron chi connectivity index (χ3n) is 2.90. The van der Waals surface area contributed by atoms with Gasteiger partial charge in [-0.25, -0.2) is 0 Å². The van der Waals surface area contributed by atoms with Crippen molar-refractivity contribution in [1.29, 1.82) is 0 Å². The van der Waals surface area contributed by atoms with Crippen LogP contribution >= 0.6 is 0 Å².